The Labute approximate surface area is 111 Å². The molecule has 4 nitrogen and oxygen atoms in total. The van der Waals surface area contributed by atoms with E-state index in [2.05, 4.69) is 5.32 Å². The maximum absolute atomic E-state index is 12.0. The summed E-state index contributed by atoms with van der Waals surface area (Å²) in [5.41, 5.74) is 6.07. The SMILES string of the molecule is COc1cccc(Cl)c1CNC(=O)C1(CN)CC1. The summed E-state index contributed by atoms with van der Waals surface area (Å²) in [5, 5.41) is 3.47. The van der Waals surface area contributed by atoms with E-state index >= 15 is 0 Å². The van der Waals surface area contributed by atoms with Gasteiger partial charge < -0.3 is 15.8 Å². The fourth-order valence-corrected chi connectivity index (χ4v) is 2.17. The lowest BCUT2D eigenvalue weighted by Crippen LogP contribution is -2.36. The number of nitrogens with one attached hydrogen (secondary N) is 1. The molecular weight excluding hydrogens is 252 g/mol. The highest BCUT2D eigenvalue weighted by atomic mass is 35.5. The van der Waals surface area contributed by atoms with E-state index in [1.807, 2.05) is 12.1 Å². The van der Waals surface area contributed by atoms with Gasteiger partial charge in [-0.15, -0.1) is 0 Å². The number of benzene rings is 1. The Balaban J connectivity index is 2.04. The molecule has 1 aromatic rings. The Bertz CT molecular complexity index is 458. The fraction of sp³-hybridized carbons (Fsp3) is 0.462. The quantitative estimate of drug-likeness (QED) is 0.854. The second-order valence-corrected chi connectivity index (χ2v) is 4.99. The molecule has 98 valence electrons. The highest BCUT2D eigenvalue weighted by Gasteiger charge is 2.48. The minimum absolute atomic E-state index is 0.00646. The van der Waals surface area contributed by atoms with E-state index in [9.17, 15) is 4.79 Å². The zero-order valence-electron chi connectivity index (χ0n) is 10.3. The van der Waals surface area contributed by atoms with Gasteiger partial charge in [0.25, 0.3) is 0 Å². The molecule has 18 heavy (non-hydrogen) atoms. The predicted molar refractivity (Wildman–Crippen MR) is 70.6 cm³/mol. The molecule has 1 fully saturated rings. The average Bonchev–Trinajstić information content (AvgIpc) is 3.17. The van der Waals surface area contributed by atoms with Crippen molar-refractivity contribution in [1.29, 1.82) is 0 Å². The minimum atomic E-state index is -0.339. The van der Waals surface area contributed by atoms with Crippen molar-refractivity contribution in [2.24, 2.45) is 11.1 Å². The van der Waals surface area contributed by atoms with Crippen LogP contribution in [0.2, 0.25) is 5.02 Å². The monoisotopic (exact) mass is 268 g/mol. The van der Waals surface area contributed by atoms with Crippen LogP contribution < -0.4 is 15.8 Å². The van der Waals surface area contributed by atoms with Gasteiger partial charge >= 0.3 is 0 Å². The molecule has 3 N–H and O–H groups in total. The number of methoxy groups -OCH3 is 1. The number of carbonyl (C=O) groups is 1. The molecule has 0 atom stereocenters. The molecule has 0 aliphatic heterocycles. The third kappa shape index (κ3) is 2.44. The molecule has 0 saturated heterocycles. The molecule has 0 bridgehead atoms. The van der Waals surface area contributed by atoms with Gasteiger partial charge in [0.1, 0.15) is 5.75 Å². The summed E-state index contributed by atoms with van der Waals surface area (Å²) >= 11 is 6.10. The molecule has 1 saturated carbocycles. The summed E-state index contributed by atoms with van der Waals surface area (Å²) < 4.78 is 5.23. The van der Waals surface area contributed by atoms with Crippen LogP contribution in [0.1, 0.15) is 18.4 Å². The largest absolute Gasteiger partial charge is 0.496 e. The Kier molecular flexibility index (Phi) is 3.78. The third-order valence-electron chi connectivity index (χ3n) is 3.45. The molecule has 1 aliphatic carbocycles. The number of hydrogen-bond acceptors (Lipinski definition) is 3. The van der Waals surface area contributed by atoms with Gasteiger partial charge in [-0.05, 0) is 25.0 Å². The summed E-state index contributed by atoms with van der Waals surface area (Å²) in [6.45, 7) is 0.766. The number of nitrogens with two attached hydrogens (primary N) is 1. The maximum Gasteiger partial charge on any atom is 0.227 e. The lowest BCUT2D eigenvalue weighted by Gasteiger charge is -2.15. The molecule has 0 radical (unpaired) electrons. The minimum Gasteiger partial charge on any atom is -0.496 e. The van der Waals surface area contributed by atoms with Crippen molar-refractivity contribution in [2.45, 2.75) is 19.4 Å². The number of carbonyl (C=O) groups excluding carboxylic acids is 1. The van der Waals surface area contributed by atoms with Crippen LogP contribution in [-0.4, -0.2) is 19.6 Å². The van der Waals surface area contributed by atoms with Crippen molar-refractivity contribution in [3.63, 3.8) is 0 Å². The molecule has 0 heterocycles. The van der Waals surface area contributed by atoms with Crippen molar-refractivity contribution in [3.05, 3.63) is 28.8 Å². The molecular formula is C13H17ClN2O2. The standard InChI is InChI=1S/C13H17ClN2O2/c1-18-11-4-2-3-10(14)9(11)7-16-12(17)13(8-15)5-6-13/h2-4H,5-8,15H2,1H3,(H,16,17). The highest BCUT2D eigenvalue weighted by molar-refractivity contribution is 6.31. The molecule has 1 aromatic carbocycles. The topological polar surface area (TPSA) is 64.3 Å². The number of hydrogen-bond donors (Lipinski definition) is 2. The summed E-state index contributed by atoms with van der Waals surface area (Å²) in [4.78, 5) is 12.0. The third-order valence-corrected chi connectivity index (χ3v) is 3.80. The summed E-state index contributed by atoms with van der Waals surface area (Å²) in [6, 6.07) is 5.42. The van der Waals surface area contributed by atoms with Crippen LogP contribution in [0.25, 0.3) is 0 Å². The van der Waals surface area contributed by atoms with Gasteiger partial charge in [-0.1, -0.05) is 17.7 Å². The molecule has 0 spiro atoms. The van der Waals surface area contributed by atoms with Gasteiger partial charge in [-0.2, -0.15) is 0 Å². The summed E-state index contributed by atoms with van der Waals surface area (Å²) in [5.74, 6) is 0.687. The maximum atomic E-state index is 12.0. The normalized spacial score (nSPS) is 16.2. The highest BCUT2D eigenvalue weighted by Crippen LogP contribution is 2.44. The van der Waals surface area contributed by atoms with Gasteiger partial charge in [-0.3, -0.25) is 4.79 Å². The number of amides is 1. The van der Waals surface area contributed by atoms with Gasteiger partial charge in [0.2, 0.25) is 5.91 Å². The Morgan fingerprint density at radius 1 is 1.56 bits per heavy atom. The first-order valence-corrected chi connectivity index (χ1v) is 6.30. The van der Waals surface area contributed by atoms with Crippen LogP contribution in [0.4, 0.5) is 0 Å². The Morgan fingerprint density at radius 2 is 2.28 bits per heavy atom. The lowest BCUT2D eigenvalue weighted by molar-refractivity contribution is -0.126. The zero-order valence-corrected chi connectivity index (χ0v) is 11.1. The van der Waals surface area contributed by atoms with Crippen molar-refractivity contribution in [2.75, 3.05) is 13.7 Å². The second-order valence-electron chi connectivity index (χ2n) is 4.59. The van der Waals surface area contributed by atoms with E-state index in [4.69, 9.17) is 22.1 Å². The first kappa shape index (κ1) is 13.2. The number of rotatable bonds is 5. The van der Waals surface area contributed by atoms with Crippen molar-refractivity contribution in [1.82, 2.24) is 5.32 Å². The molecule has 5 heteroatoms. The molecule has 0 aromatic heterocycles. The predicted octanol–water partition coefficient (Wildman–Crippen LogP) is 1.70. The van der Waals surface area contributed by atoms with E-state index in [0.29, 0.717) is 23.9 Å². The van der Waals surface area contributed by atoms with E-state index in [1.54, 1.807) is 13.2 Å². The number of ether oxygens (including phenoxy) is 1. The molecule has 1 amide bonds. The van der Waals surface area contributed by atoms with Crippen LogP contribution in [0, 0.1) is 5.41 Å². The summed E-state index contributed by atoms with van der Waals surface area (Å²) in [6.07, 6.45) is 1.74. The Morgan fingerprint density at radius 3 is 2.83 bits per heavy atom. The van der Waals surface area contributed by atoms with Crippen LogP contribution in [0.15, 0.2) is 18.2 Å². The molecule has 0 unspecified atom stereocenters. The molecule has 2 rings (SSSR count). The zero-order chi connectivity index (χ0) is 13.2. The van der Waals surface area contributed by atoms with Crippen molar-refractivity contribution < 1.29 is 9.53 Å². The van der Waals surface area contributed by atoms with Gasteiger partial charge in [0.15, 0.2) is 0 Å². The van der Waals surface area contributed by atoms with Crippen LogP contribution in [0.3, 0.4) is 0 Å². The first-order valence-electron chi connectivity index (χ1n) is 5.93. The average molecular weight is 269 g/mol. The van der Waals surface area contributed by atoms with Crippen LogP contribution >= 0.6 is 11.6 Å². The Hall–Kier alpha value is -1.26. The second kappa shape index (κ2) is 5.16. The van der Waals surface area contributed by atoms with Gasteiger partial charge in [-0.25, -0.2) is 0 Å². The van der Waals surface area contributed by atoms with E-state index < -0.39 is 0 Å². The lowest BCUT2D eigenvalue weighted by atomic mass is 10.1. The fourth-order valence-electron chi connectivity index (χ4n) is 1.93. The summed E-state index contributed by atoms with van der Waals surface area (Å²) in [7, 11) is 1.58. The van der Waals surface area contributed by atoms with Crippen molar-refractivity contribution in [3.8, 4) is 5.75 Å². The number of halogens is 1. The van der Waals surface area contributed by atoms with Crippen LogP contribution in [0.5, 0.6) is 5.75 Å². The van der Waals surface area contributed by atoms with Gasteiger partial charge in [0, 0.05) is 23.7 Å². The smallest absolute Gasteiger partial charge is 0.227 e. The van der Waals surface area contributed by atoms with E-state index in [-0.39, 0.29) is 11.3 Å². The molecule has 1 aliphatic rings. The van der Waals surface area contributed by atoms with Crippen LogP contribution in [-0.2, 0) is 11.3 Å². The van der Waals surface area contributed by atoms with Crippen molar-refractivity contribution >= 4 is 17.5 Å². The first-order chi connectivity index (χ1) is 8.63. The van der Waals surface area contributed by atoms with E-state index in [0.717, 1.165) is 18.4 Å². The van der Waals surface area contributed by atoms with Gasteiger partial charge in [0.05, 0.1) is 12.5 Å². The van der Waals surface area contributed by atoms with E-state index in [1.165, 1.54) is 0 Å².